The van der Waals surface area contributed by atoms with Crippen LogP contribution in [0.15, 0.2) is 47.4 Å². The van der Waals surface area contributed by atoms with Gasteiger partial charge in [0.05, 0.1) is 34.7 Å². The van der Waals surface area contributed by atoms with Gasteiger partial charge in [-0.15, -0.1) is 0 Å². The quantitative estimate of drug-likeness (QED) is 0.565. The van der Waals surface area contributed by atoms with E-state index in [2.05, 4.69) is 15.3 Å². The summed E-state index contributed by atoms with van der Waals surface area (Å²) in [7, 11) is -3.71. The molecule has 170 valence electrons. The Morgan fingerprint density at radius 1 is 1.16 bits per heavy atom. The standard InChI is InChI=1S/C22H27N5O4S/c1-3-27(4-2)32(29,30)16-9-10-20(26-11-13-31-14-12-26)17(15-16)21(28)25-22-23-18-7-5-6-8-19(18)24-22/h5-10,15H,3-4,11-14H2,1-2H3,(H2,23,24,25,28). The third-order valence-corrected chi connectivity index (χ3v) is 7.57. The van der Waals surface area contributed by atoms with E-state index in [9.17, 15) is 13.2 Å². The van der Waals surface area contributed by atoms with E-state index in [1.54, 1.807) is 26.0 Å². The summed E-state index contributed by atoms with van der Waals surface area (Å²) < 4.78 is 33.0. The second-order valence-electron chi connectivity index (χ2n) is 7.42. The number of hydrogen-bond donors (Lipinski definition) is 2. The zero-order chi connectivity index (χ0) is 22.7. The summed E-state index contributed by atoms with van der Waals surface area (Å²) in [5.74, 6) is -0.122. The summed E-state index contributed by atoms with van der Waals surface area (Å²) >= 11 is 0. The molecule has 1 saturated heterocycles. The highest BCUT2D eigenvalue weighted by molar-refractivity contribution is 7.89. The molecule has 10 heteroatoms. The van der Waals surface area contributed by atoms with Crippen LogP contribution in [0.5, 0.6) is 0 Å². The number of ether oxygens (including phenoxy) is 1. The Labute approximate surface area is 187 Å². The lowest BCUT2D eigenvalue weighted by molar-refractivity contribution is 0.102. The predicted octanol–water partition coefficient (Wildman–Crippen LogP) is 2.68. The van der Waals surface area contributed by atoms with E-state index in [-0.39, 0.29) is 10.5 Å². The van der Waals surface area contributed by atoms with Crippen molar-refractivity contribution in [3.8, 4) is 0 Å². The van der Waals surface area contributed by atoms with Crippen LogP contribution in [0.1, 0.15) is 24.2 Å². The molecule has 0 saturated carbocycles. The van der Waals surface area contributed by atoms with Crippen LogP contribution in [0.25, 0.3) is 11.0 Å². The Morgan fingerprint density at radius 3 is 2.56 bits per heavy atom. The minimum atomic E-state index is -3.71. The molecule has 0 radical (unpaired) electrons. The van der Waals surface area contributed by atoms with Crippen molar-refractivity contribution >= 4 is 38.6 Å². The Hall–Kier alpha value is -2.95. The second kappa shape index (κ2) is 9.27. The van der Waals surface area contributed by atoms with Crippen molar-refractivity contribution < 1.29 is 17.9 Å². The molecule has 0 unspecified atom stereocenters. The van der Waals surface area contributed by atoms with Crippen molar-refractivity contribution in [3.63, 3.8) is 0 Å². The lowest BCUT2D eigenvalue weighted by Gasteiger charge is -2.30. The van der Waals surface area contributed by atoms with Crippen LogP contribution in [0, 0.1) is 0 Å². The van der Waals surface area contributed by atoms with Crippen LogP contribution >= 0.6 is 0 Å². The number of imidazole rings is 1. The first kappa shape index (κ1) is 22.3. The first-order chi connectivity index (χ1) is 15.4. The molecule has 1 amide bonds. The molecule has 1 aliphatic heterocycles. The molecule has 0 aliphatic carbocycles. The Morgan fingerprint density at radius 2 is 1.88 bits per heavy atom. The number of anilines is 2. The van der Waals surface area contributed by atoms with Crippen molar-refractivity contribution in [3.05, 3.63) is 48.0 Å². The fraction of sp³-hybridized carbons (Fsp3) is 0.364. The van der Waals surface area contributed by atoms with Crippen LogP contribution in [0.3, 0.4) is 0 Å². The summed E-state index contributed by atoms with van der Waals surface area (Å²) in [5.41, 5.74) is 2.48. The van der Waals surface area contributed by atoms with Crippen molar-refractivity contribution in [1.29, 1.82) is 0 Å². The largest absolute Gasteiger partial charge is 0.378 e. The van der Waals surface area contributed by atoms with E-state index >= 15 is 0 Å². The van der Waals surface area contributed by atoms with Crippen molar-refractivity contribution in [2.24, 2.45) is 0 Å². The topological polar surface area (TPSA) is 108 Å². The Kier molecular flexibility index (Phi) is 6.45. The molecule has 0 atom stereocenters. The maximum Gasteiger partial charge on any atom is 0.260 e. The van der Waals surface area contributed by atoms with Crippen LogP contribution in [-0.4, -0.2) is 68.0 Å². The van der Waals surface area contributed by atoms with Gasteiger partial charge in [-0.3, -0.25) is 10.1 Å². The van der Waals surface area contributed by atoms with E-state index in [0.29, 0.717) is 51.0 Å². The van der Waals surface area contributed by atoms with Gasteiger partial charge in [0.25, 0.3) is 5.91 Å². The number of morpholine rings is 1. The molecule has 9 nitrogen and oxygen atoms in total. The maximum absolute atomic E-state index is 13.3. The van der Waals surface area contributed by atoms with Crippen LogP contribution in [0.4, 0.5) is 11.6 Å². The van der Waals surface area contributed by atoms with Gasteiger partial charge in [0.15, 0.2) is 0 Å². The van der Waals surface area contributed by atoms with Gasteiger partial charge in [0.2, 0.25) is 16.0 Å². The fourth-order valence-electron chi connectivity index (χ4n) is 3.84. The average molecular weight is 458 g/mol. The van der Waals surface area contributed by atoms with Crippen LogP contribution < -0.4 is 10.2 Å². The number of carbonyl (C=O) groups is 1. The molecule has 0 spiro atoms. The van der Waals surface area contributed by atoms with E-state index in [0.717, 1.165) is 11.0 Å². The van der Waals surface area contributed by atoms with Gasteiger partial charge in [-0.25, -0.2) is 13.4 Å². The number of rotatable bonds is 7. The molecular formula is C22H27N5O4S. The third-order valence-electron chi connectivity index (χ3n) is 5.53. The number of carbonyl (C=O) groups excluding carboxylic acids is 1. The van der Waals surface area contributed by atoms with Crippen molar-refractivity contribution in [2.75, 3.05) is 49.6 Å². The number of para-hydroxylation sites is 2. The number of aromatic nitrogens is 2. The summed E-state index contributed by atoms with van der Waals surface area (Å²) in [4.78, 5) is 22.9. The number of hydrogen-bond acceptors (Lipinski definition) is 6. The molecule has 1 aromatic heterocycles. The van der Waals surface area contributed by atoms with E-state index in [1.165, 1.54) is 10.4 Å². The van der Waals surface area contributed by atoms with Gasteiger partial charge >= 0.3 is 0 Å². The lowest BCUT2D eigenvalue weighted by atomic mass is 10.1. The predicted molar refractivity (Wildman–Crippen MR) is 124 cm³/mol. The minimum Gasteiger partial charge on any atom is -0.378 e. The summed E-state index contributed by atoms with van der Waals surface area (Å²) in [5, 5.41) is 2.79. The number of amides is 1. The second-order valence-corrected chi connectivity index (χ2v) is 9.36. The molecule has 0 bridgehead atoms. The minimum absolute atomic E-state index is 0.0907. The van der Waals surface area contributed by atoms with Gasteiger partial charge in [-0.1, -0.05) is 26.0 Å². The first-order valence-corrected chi connectivity index (χ1v) is 12.1. The normalized spacial score (nSPS) is 14.8. The molecule has 2 heterocycles. The molecule has 1 aliphatic rings. The van der Waals surface area contributed by atoms with E-state index in [4.69, 9.17) is 4.74 Å². The smallest absolute Gasteiger partial charge is 0.260 e. The summed E-state index contributed by atoms with van der Waals surface area (Å²) in [6, 6.07) is 12.2. The average Bonchev–Trinajstić information content (AvgIpc) is 3.22. The summed E-state index contributed by atoms with van der Waals surface area (Å²) in [6.07, 6.45) is 0. The van der Waals surface area contributed by atoms with E-state index in [1.807, 2.05) is 29.2 Å². The van der Waals surface area contributed by atoms with Gasteiger partial charge in [0.1, 0.15) is 0 Å². The highest BCUT2D eigenvalue weighted by Crippen LogP contribution is 2.28. The molecule has 1 fully saturated rings. The number of benzene rings is 2. The zero-order valence-electron chi connectivity index (χ0n) is 18.2. The van der Waals surface area contributed by atoms with Gasteiger partial charge in [0, 0.05) is 31.9 Å². The Bertz CT molecular complexity index is 1180. The Balaban J connectivity index is 1.73. The summed E-state index contributed by atoms with van der Waals surface area (Å²) in [6.45, 7) is 6.61. The number of aromatic amines is 1. The molecule has 2 aromatic carbocycles. The van der Waals surface area contributed by atoms with E-state index < -0.39 is 15.9 Å². The number of fused-ring (bicyclic) bond motifs is 1. The van der Waals surface area contributed by atoms with Gasteiger partial charge in [-0.2, -0.15) is 4.31 Å². The number of nitrogens with zero attached hydrogens (tertiary/aromatic N) is 3. The number of nitrogens with one attached hydrogen (secondary N) is 2. The van der Waals surface area contributed by atoms with Gasteiger partial charge in [-0.05, 0) is 30.3 Å². The number of H-pyrrole nitrogens is 1. The lowest BCUT2D eigenvalue weighted by Crippen LogP contribution is -2.37. The first-order valence-electron chi connectivity index (χ1n) is 10.7. The monoisotopic (exact) mass is 457 g/mol. The SMILES string of the molecule is CCN(CC)S(=O)(=O)c1ccc(N2CCOCC2)c(C(=O)Nc2nc3ccccc3[nH]2)c1. The number of sulfonamides is 1. The molecule has 3 aromatic rings. The molecule has 2 N–H and O–H groups in total. The van der Waals surface area contributed by atoms with Crippen molar-refractivity contribution in [1.82, 2.24) is 14.3 Å². The van der Waals surface area contributed by atoms with Crippen molar-refractivity contribution in [2.45, 2.75) is 18.7 Å². The molecule has 32 heavy (non-hydrogen) atoms. The maximum atomic E-state index is 13.3. The molecular weight excluding hydrogens is 430 g/mol. The third kappa shape index (κ3) is 4.34. The van der Waals surface area contributed by atoms with Crippen LogP contribution in [-0.2, 0) is 14.8 Å². The van der Waals surface area contributed by atoms with Crippen LogP contribution in [0.2, 0.25) is 0 Å². The fourth-order valence-corrected chi connectivity index (χ4v) is 5.32. The van der Waals surface area contributed by atoms with Gasteiger partial charge < -0.3 is 14.6 Å². The highest BCUT2D eigenvalue weighted by Gasteiger charge is 2.26. The zero-order valence-corrected chi connectivity index (χ0v) is 19.0. The molecule has 4 rings (SSSR count). The highest BCUT2D eigenvalue weighted by atomic mass is 32.2.